The van der Waals surface area contributed by atoms with Gasteiger partial charge in [0, 0.05) is 35.4 Å². The van der Waals surface area contributed by atoms with Crippen molar-refractivity contribution in [3.8, 4) is 11.4 Å². The van der Waals surface area contributed by atoms with Gasteiger partial charge in [0.05, 0.1) is 0 Å². The van der Waals surface area contributed by atoms with Crippen molar-refractivity contribution in [1.29, 1.82) is 0 Å². The molecule has 0 atom stereocenters. The van der Waals surface area contributed by atoms with Crippen LogP contribution in [0.15, 0.2) is 53.2 Å². The van der Waals surface area contributed by atoms with E-state index in [9.17, 15) is 4.79 Å². The topological polar surface area (TPSA) is 87.5 Å². The second-order valence-electron chi connectivity index (χ2n) is 6.44. The van der Waals surface area contributed by atoms with Gasteiger partial charge < -0.3 is 10.6 Å². The Morgan fingerprint density at radius 2 is 2.11 bits per heavy atom. The van der Waals surface area contributed by atoms with Crippen LogP contribution in [0, 0.1) is 0 Å². The Kier molecular flexibility index (Phi) is 4.13. The maximum Gasteiger partial charge on any atom is 0.321 e. The van der Waals surface area contributed by atoms with E-state index < -0.39 is 0 Å². The van der Waals surface area contributed by atoms with Crippen molar-refractivity contribution in [3.05, 3.63) is 53.2 Å². The number of carbonyl (C=O) groups excluding carboxylic acids is 1. The molecule has 0 unspecified atom stereocenters. The number of benzene rings is 1. The summed E-state index contributed by atoms with van der Waals surface area (Å²) in [6.45, 7) is 1.44. The number of hydrogen-bond acceptors (Lipinski definition) is 6. The summed E-state index contributed by atoms with van der Waals surface area (Å²) < 4.78 is 1.73. The summed E-state index contributed by atoms with van der Waals surface area (Å²) in [6, 6.07) is 13.4. The van der Waals surface area contributed by atoms with Gasteiger partial charge in [-0.1, -0.05) is 6.07 Å². The third-order valence-electron chi connectivity index (χ3n) is 4.55. The normalized spacial score (nSPS) is 14.3. The molecule has 1 aromatic carbocycles. The highest BCUT2D eigenvalue weighted by Crippen LogP contribution is 2.25. The van der Waals surface area contributed by atoms with Crippen LogP contribution < -0.4 is 15.5 Å². The Labute approximate surface area is 164 Å². The predicted octanol–water partition coefficient (Wildman–Crippen LogP) is 3.52. The van der Waals surface area contributed by atoms with Crippen molar-refractivity contribution in [2.24, 2.45) is 0 Å². The fourth-order valence-corrected chi connectivity index (χ4v) is 3.84. The maximum atomic E-state index is 12.1. The first-order chi connectivity index (χ1) is 13.8. The van der Waals surface area contributed by atoms with Crippen LogP contribution in [0.3, 0.4) is 0 Å². The average molecular weight is 391 g/mol. The summed E-state index contributed by atoms with van der Waals surface area (Å²) in [7, 11) is 0. The van der Waals surface area contributed by atoms with Gasteiger partial charge in [0.1, 0.15) is 0 Å². The van der Waals surface area contributed by atoms with Gasteiger partial charge in [0.15, 0.2) is 17.3 Å². The Morgan fingerprint density at radius 1 is 1.14 bits per heavy atom. The van der Waals surface area contributed by atoms with Gasteiger partial charge in [-0.05, 0) is 48.2 Å². The number of hydrogen-bond donors (Lipinski definition) is 2. The minimum Gasteiger partial charge on any atom is -0.339 e. The summed E-state index contributed by atoms with van der Waals surface area (Å²) in [5.74, 6) is 1.38. The van der Waals surface area contributed by atoms with Gasteiger partial charge in [-0.15, -0.1) is 15.3 Å². The molecular formula is C19H17N7OS. The van der Waals surface area contributed by atoms with Crippen molar-refractivity contribution in [2.45, 2.75) is 6.42 Å². The van der Waals surface area contributed by atoms with E-state index in [0.29, 0.717) is 23.8 Å². The van der Waals surface area contributed by atoms with E-state index in [2.05, 4.69) is 25.9 Å². The van der Waals surface area contributed by atoms with Crippen LogP contribution >= 0.6 is 11.3 Å². The van der Waals surface area contributed by atoms with E-state index in [0.717, 1.165) is 29.9 Å². The molecule has 0 radical (unpaired) electrons. The third-order valence-corrected chi connectivity index (χ3v) is 5.24. The molecule has 0 aliphatic carbocycles. The molecule has 4 aromatic rings. The molecule has 5 rings (SSSR count). The molecule has 1 fully saturated rings. The van der Waals surface area contributed by atoms with Gasteiger partial charge in [0.2, 0.25) is 0 Å². The molecule has 8 nitrogen and oxygen atoms in total. The smallest absolute Gasteiger partial charge is 0.321 e. The lowest BCUT2D eigenvalue weighted by atomic mass is 10.2. The van der Waals surface area contributed by atoms with E-state index in [1.54, 1.807) is 20.8 Å². The molecule has 0 bridgehead atoms. The monoisotopic (exact) mass is 391 g/mol. The van der Waals surface area contributed by atoms with Gasteiger partial charge >= 0.3 is 6.03 Å². The van der Waals surface area contributed by atoms with Crippen LogP contribution in [0.2, 0.25) is 0 Å². The van der Waals surface area contributed by atoms with Crippen molar-refractivity contribution in [1.82, 2.24) is 25.1 Å². The zero-order chi connectivity index (χ0) is 18.9. The fraction of sp³-hybridized carbons (Fsp3) is 0.158. The van der Waals surface area contributed by atoms with Gasteiger partial charge in [-0.25, -0.2) is 4.79 Å². The number of carbonyl (C=O) groups is 1. The molecule has 1 aliphatic heterocycles. The van der Waals surface area contributed by atoms with Crippen LogP contribution in [0.1, 0.15) is 6.42 Å². The van der Waals surface area contributed by atoms with Gasteiger partial charge in [-0.3, -0.25) is 4.90 Å². The average Bonchev–Trinajstić information content (AvgIpc) is 3.38. The number of aromatic nitrogens is 4. The molecule has 1 aliphatic rings. The van der Waals surface area contributed by atoms with E-state index >= 15 is 0 Å². The number of nitrogens with zero attached hydrogens (tertiary/aromatic N) is 5. The highest BCUT2D eigenvalue weighted by atomic mass is 32.1. The first-order valence-electron chi connectivity index (χ1n) is 8.95. The molecule has 2 N–H and O–H groups in total. The van der Waals surface area contributed by atoms with Crippen molar-refractivity contribution >= 4 is 40.2 Å². The van der Waals surface area contributed by atoms with E-state index in [-0.39, 0.29) is 6.03 Å². The molecule has 28 heavy (non-hydrogen) atoms. The Bertz CT molecular complexity index is 1140. The second-order valence-corrected chi connectivity index (χ2v) is 7.22. The summed E-state index contributed by atoms with van der Waals surface area (Å²) >= 11 is 1.61. The van der Waals surface area contributed by atoms with Crippen LogP contribution in [-0.4, -0.2) is 38.9 Å². The Hall–Kier alpha value is -3.46. The molecule has 0 spiro atoms. The molecule has 3 aromatic heterocycles. The number of fused-ring (bicyclic) bond motifs is 1. The minimum atomic E-state index is -0.0622. The fourth-order valence-electron chi connectivity index (χ4n) is 3.20. The highest BCUT2D eigenvalue weighted by molar-refractivity contribution is 7.08. The number of thiophene rings is 1. The first kappa shape index (κ1) is 16.7. The largest absolute Gasteiger partial charge is 0.339 e. The first-order valence-corrected chi connectivity index (χ1v) is 9.90. The van der Waals surface area contributed by atoms with Crippen LogP contribution in [0.4, 0.5) is 22.0 Å². The molecule has 9 heteroatoms. The van der Waals surface area contributed by atoms with Gasteiger partial charge in [-0.2, -0.15) is 15.9 Å². The summed E-state index contributed by atoms with van der Waals surface area (Å²) in [4.78, 5) is 13.8. The molecule has 1 saturated heterocycles. The number of nitrogens with one attached hydrogen (secondary N) is 2. The summed E-state index contributed by atoms with van der Waals surface area (Å²) in [5, 5.41) is 23.3. The van der Waals surface area contributed by atoms with Crippen LogP contribution in [-0.2, 0) is 0 Å². The van der Waals surface area contributed by atoms with E-state index in [1.807, 2.05) is 53.2 Å². The third kappa shape index (κ3) is 3.05. The van der Waals surface area contributed by atoms with Gasteiger partial charge in [0.25, 0.3) is 0 Å². The standard InChI is InChI=1S/C19H17N7OS/c27-19-20-8-2-9-25(19)15-4-1-3-14(11-15)21-16-5-6-17-22-23-18(26(17)24-16)13-7-10-28-12-13/h1,3-7,10-12H,2,8-9H2,(H,20,27)(H,21,24). The van der Waals surface area contributed by atoms with E-state index in [4.69, 9.17) is 0 Å². The SMILES string of the molecule is O=C1NCCCN1c1cccc(Nc2ccc3nnc(-c4ccsc4)n3n2)c1. The quantitative estimate of drug-likeness (QED) is 0.556. The van der Waals surface area contributed by atoms with Crippen LogP contribution in [0.25, 0.3) is 17.0 Å². The van der Waals surface area contributed by atoms with Crippen LogP contribution in [0.5, 0.6) is 0 Å². The highest BCUT2D eigenvalue weighted by Gasteiger charge is 2.19. The minimum absolute atomic E-state index is 0.0622. The van der Waals surface area contributed by atoms with E-state index in [1.165, 1.54) is 0 Å². The molecule has 140 valence electrons. The lowest BCUT2D eigenvalue weighted by molar-refractivity contribution is 0.243. The van der Waals surface area contributed by atoms with Crippen molar-refractivity contribution < 1.29 is 4.79 Å². The molecule has 2 amide bonds. The number of anilines is 3. The Morgan fingerprint density at radius 3 is 2.96 bits per heavy atom. The summed E-state index contributed by atoms with van der Waals surface area (Å²) in [6.07, 6.45) is 0.931. The van der Waals surface area contributed by atoms with Crippen molar-refractivity contribution in [3.63, 3.8) is 0 Å². The van der Waals surface area contributed by atoms with Crippen molar-refractivity contribution in [2.75, 3.05) is 23.3 Å². The maximum absolute atomic E-state index is 12.1. The molecule has 0 saturated carbocycles. The molecule has 4 heterocycles. The molecular weight excluding hydrogens is 374 g/mol. The lowest BCUT2D eigenvalue weighted by Gasteiger charge is -2.27. The lowest BCUT2D eigenvalue weighted by Crippen LogP contribution is -2.46. The number of rotatable bonds is 4. The Balaban J connectivity index is 1.45. The number of amides is 2. The predicted molar refractivity (Wildman–Crippen MR) is 109 cm³/mol. The second kappa shape index (κ2) is 6.93. The zero-order valence-corrected chi connectivity index (χ0v) is 15.7. The summed E-state index contributed by atoms with van der Waals surface area (Å²) in [5.41, 5.74) is 3.38. The zero-order valence-electron chi connectivity index (χ0n) is 14.9. The number of urea groups is 1.